The number of hydrogen-bond donors (Lipinski definition) is 1. The Bertz CT molecular complexity index is 81.6. The van der Waals surface area contributed by atoms with Crippen molar-refractivity contribution in [3.63, 3.8) is 0 Å². The van der Waals surface area contributed by atoms with Crippen molar-refractivity contribution in [2.45, 2.75) is 58.3 Å². The maximum absolute atomic E-state index is 8.51. The fourth-order valence-corrected chi connectivity index (χ4v) is 1.25. The molecule has 1 N–H and O–H groups in total. The van der Waals surface area contributed by atoms with Crippen molar-refractivity contribution in [3.05, 3.63) is 0 Å². The van der Waals surface area contributed by atoms with E-state index in [0.29, 0.717) is 6.61 Å². The summed E-state index contributed by atoms with van der Waals surface area (Å²) in [4.78, 5) is 0. The Morgan fingerprint density at radius 2 is 1.29 bits per heavy atom. The first kappa shape index (κ1) is 13.9. The first-order chi connectivity index (χ1) is 6.91. The van der Waals surface area contributed by atoms with E-state index < -0.39 is 0 Å². The highest BCUT2D eigenvalue weighted by molar-refractivity contribution is 4.44. The summed E-state index contributed by atoms with van der Waals surface area (Å²) in [5.41, 5.74) is 0. The minimum absolute atomic E-state index is 0.370. The van der Waals surface area contributed by atoms with Crippen molar-refractivity contribution in [2.24, 2.45) is 0 Å². The van der Waals surface area contributed by atoms with E-state index in [1.807, 2.05) is 0 Å². The van der Waals surface area contributed by atoms with Crippen LogP contribution in [-0.4, -0.2) is 24.9 Å². The summed E-state index contributed by atoms with van der Waals surface area (Å²) in [5, 5.41) is 8.51. The second kappa shape index (κ2) is 12.9. The molecule has 1 aliphatic rings. The molecule has 0 atom stereocenters. The predicted octanol–water partition coefficient (Wildman–Crippen LogP) is 3.14. The quantitative estimate of drug-likeness (QED) is 0.484. The number of unbranched alkanes of at least 4 members (excludes halogenated alkanes) is 7. The summed E-state index contributed by atoms with van der Waals surface area (Å²) < 4.78 is 4.50. The number of rotatable bonds is 8. The van der Waals surface area contributed by atoms with E-state index in [4.69, 9.17) is 5.11 Å². The lowest BCUT2D eigenvalue weighted by Crippen LogP contribution is -1.83. The zero-order chi connectivity index (χ0) is 10.5. The molecule has 1 fully saturated rings. The Morgan fingerprint density at radius 3 is 1.64 bits per heavy atom. The number of aliphatic hydroxyl groups excluding tert-OH is 1. The minimum Gasteiger partial charge on any atom is -0.396 e. The Labute approximate surface area is 88.7 Å². The van der Waals surface area contributed by atoms with Crippen LogP contribution in [0.3, 0.4) is 0 Å². The van der Waals surface area contributed by atoms with Gasteiger partial charge in [0.05, 0.1) is 13.2 Å². The maximum atomic E-state index is 8.51. The van der Waals surface area contributed by atoms with Crippen molar-refractivity contribution in [1.82, 2.24) is 0 Å². The van der Waals surface area contributed by atoms with Gasteiger partial charge in [0.1, 0.15) is 0 Å². The van der Waals surface area contributed by atoms with E-state index in [1.165, 1.54) is 44.9 Å². The van der Waals surface area contributed by atoms with Gasteiger partial charge in [-0.05, 0) is 6.42 Å². The lowest BCUT2D eigenvalue weighted by molar-refractivity contribution is 0.282. The fourth-order valence-electron chi connectivity index (χ4n) is 1.25. The van der Waals surface area contributed by atoms with Crippen molar-refractivity contribution in [3.8, 4) is 0 Å². The predicted molar refractivity (Wildman–Crippen MR) is 60.5 cm³/mol. The lowest BCUT2D eigenvalue weighted by Gasteiger charge is -1.98. The van der Waals surface area contributed by atoms with Crippen LogP contribution < -0.4 is 0 Å². The van der Waals surface area contributed by atoms with Gasteiger partial charge in [-0.15, -0.1) is 0 Å². The summed E-state index contributed by atoms with van der Waals surface area (Å²) in [5.74, 6) is 0. The minimum atomic E-state index is 0.370. The highest BCUT2D eigenvalue weighted by Crippen LogP contribution is 2.07. The van der Waals surface area contributed by atoms with Crippen LogP contribution in [0.4, 0.5) is 0 Å². The van der Waals surface area contributed by atoms with Gasteiger partial charge in [0.2, 0.25) is 0 Å². The molecule has 0 radical (unpaired) electrons. The molecule has 2 heteroatoms. The Morgan fingerprint density at radius 1 is 0.857 bits per heavy atom. The highest BCUT2D eigenvalue weighted by Gasteiger charge is 1.94. The third-order valence-corrected chi connectivity index (χ3v) is 2.22. The molecule has 0 spiro atoms. The van der Waals surface area contributed by atoms with Gasteiger partial charge >= 0.3 is 0 Å². The topological polar surface area (TPSA) is 32.8 Å². The van der Waals surface area contributed by atoms with Gasteiger partial charge in [-0.1, -0.05) is 51.9 Å². The summed E-state index contributed by atoms with van der Waals surface area (Å²) in [7, 11) is 0. The van der Waals surface area contributed by atoms with Crippen LogP contribution in [0, 0.1) is 0 Å². The highest BCUT2D eigenvalue weighted by atomic mass is 16.6. The molecule has 0 saturated carbocycles. The molecule has 1 rings (SSSR count). The van der Waals surface area contributed by atoms with E-state index in [9.17, 15) is 0 Å². The maximum Gasteiger partial charge on any atom is 0.0701 e. The van der Waals surface area contributed by atoms with Crippen LogP contribution in [0.1, 0.15) is 58.3 Å². The van der Waals surface area contributed by atoms with Gasteiger partial charge in [0, 0.05) is 6.61 Å². The molecule has 86 valence electrons. The van der Waals surface area contributed by atoms with Crippen LogP contribution in [0.25, 0.3) is 0 Å². The largest absolute Gasteiger partial charge is 0.396 e. The van der Waals surface area contributed by atoms with Crippen LogP contribution in [-0.2, 0) is 4.74 Å². The molecule has 0 aromatic carbocycles. The summed E-state index contributed by atoms with van der Waals surface area (Å²) in [6.07, 6.45) is 10.4. The normalized spacial score (nSPS) is 13.3. The average molecular weight is 202 g/mol. The molecule has 0 amide bonds. The van der Waals surface area contributed by atoms with Crippen LogP contribution >= 0.6 is 0 Å². The average Bonchev–Trinajstić information content (AvgIpc) is 3.03. The Hall–Kier alpha value is -0.0800. The van der Waals surface area contributed by atoms with Crippen molar-refractivity contribution >= 4 is 0 Å². The first-order valence-electron chi connectivity index (χ1n) is 6.10. The van der Waals surface area contributed by atoms with E-state index in [0.717, 1.165) is 19.6 Å². The molecule has 1 heterocycles. The molecule has 0 aromatic heterocycles. The molecule has 0 unspecified atom stereocenters. The smallest absolute Gasteiger partial charge is 0.0701 e. The standard InChI is InChI=1S/C10H22O.C2H4O/c1-2-3-4-5-6-7-8-9-10-11;1-2-3-1/h11H,2-10H2,1H3;1-2H2. The van der Waals surface area contributed by atoms with Gasteiger partial charge in [0.15, 0.2) is 0 Å². The van der Waals surface area contributed by atoms with Crippen molar-refractivity contribution in [2.75, 3.05) is 19.8 Å². The Balaban J connectivity index is 0.000000469. The Kier molecular flexibility index (Phi) is 12.8. The number of hydrogen-bond acceptors (Lipinski definition) is 2. The second-order valence-electron chi connectivity index (χ2n) is 3.81. The molecular weight excluding hydrogens is 176 g/mol. The first-order valence-corrected chi connectivity index (χ1v) is 6.10. The molecule has 14 heavy (non-hydrogen) atoms. The summed E-state index contributed by atoms with van der Waals surface area (Å²) in [6.45, 7) is 4.61. The van der Waals surface area contributed by atoms with Gasteiger partial charge in [0.25, 0.3) is 0 Å². The van der Waals surface area contributed by atoms with E-state index >= 15 is 0 Å². The second-order valence-corrected chi connectivity index (χ2v) is 3.81. The molecule has 2 nitrogen and oxygen atoms in total. The van der Waals surface area contributed by atoms with Gasteiger partial charge in [-0.25, -0.2) is 0 Å². The molecule has 1 aliphatic heterocycles. The lowest BCUT2D eigenvalue weighted by atomic mass is 10.1. The summed E-state index contributed by atoms with van der Waals surface area (Å²) >= 11 is 0. The molecule has 1 saturated heterocycles. The zero-order valence-corrected chi connectivity index (χ0v) is 9.63. The number of aliphatic hydroxyl groups is 1. The monoisotopic (exact) mass is 202 g/mol. The molecular formula is C12H26O2. The fraction of sp³-hybridized carbons (Fsp3) is 1.00. The zero-order valence-electron chi connectivity index (χ0n) is 9.63. The van der Waals surface area contributed by atoms with Gasteiger partial charge in [-0.3, -0.25) is 0 Å². The van der Waals surface area contributed by atoms with E-state index in [2.05, 4.69) is 11.7 Å². The van der Waals surface area contributed by atoms with E-state index in [1.54, 1.807) is 0 Å². The van der Waals surface area contributed by atoms with Gasteiger partial charge < -0.3 is 9.84 Å². The van der Waals surface area contributed by atoms with Crippen molar-refractivity contribution in [1.29, 1.82) is 0 Å². The molecule has 0 aromatic rings. The molecule has 0 aliphatic carbocycles. The van der Waals surface area contributed by atoms with Gasteiger partial charge in [-0.2, -0.15) is 0 Å². The van der Waals surface area contributed by atoms with Crippen LogP contribution in [0.2, 0.25) is 0 Å². The van der Waals surface area contributed by atoms with Crippen LogP contribution in [0.15, 0.2) is 0 Å². The van der Waals surface area contributed by atoms with E-state index in [-0.39, 0.29) is 0 Å². The van der Waals surface area contributed by atoms with Crippen molar-refractivity contribution < 1.29 is 9.84 Å². The molecule has 0 bridgehead atoms. The third-order valence-electron chi connectivity index (χ3n) is 2.22. The SMILES string of the molecule is C1CO1.CCCCCCCCCCO. The third kappa shape index (κ3) is 17.9. The number of epoxide rings is 1. The summed E-state index contributed by atoms with van der Waals surface area (Å²) in [6, 6.07) is 0. The van der Waals surface area contributed by atoms with Crippen LogP contribution in [0.5, 0.6) is 0 Å². The number of ether oxygens (including phenoxy) is 1.